The summed E-state index contributed by atoms with van der Waals surface area (Å²) >= 11 is 11.6. The first-order valence-electron chi connectivity index (χ1n) is 4.24. The summed E-state index contributed by atoms with van der Waals surface area (Å²) in [5, 5.41) is 9.08. The molecule has 0 fully saturated rings. The Morgan fingerprint density at radius 1 is 1.53 bits per heavy atom. The van der Waals surface area contributed by atoms with Crippen LogP contribution in [0.15, 0.2) is 6.07 Å². The number of nitrogens with zero attached hydrogens (tertiary/aromatic N) is 1. The second-order valence-electron chi connectivity index (χ2n) is 2.74. The number of halogens is 2. The first kappa shape index (κ1) is 12.1. The van der Waals surface area contributed by atoms with Crippen LogP contribution >= 0.6 is 23.2 Å². The highest BCUT2D eigenvalue weighted by Gasteiger charge is 2.10. The normalized spacial score (nSPS) is 10.1. The molecule has 0 aliphatic rings. The molecule has 1 N–H and O–H groups in total. The largest absolute Gasteiger partial charge is 0.479 e. The Hall–Kier alpha value is -1.000. The van der Waals surface area contributed by atoms with E-state index in [0.29, 0.717) is 17.1 Å². The SMILES string of the molecule is CCc1nc(OCC(=O)O)c(Cl)cc1Cl. The quantitative estimate of drug-likeness (QED) is 0.891. The summed E-state index contributed by atoms with van der Waals surface area (Å²) in [6, 6.07) is 1.49. The fourth-order valence-corrected chi connectivity index (χ4v) is 1.51. The number of hydrogen-bond acceptors (Lipinski definition) is 3. The van der Waals surface area contributed by atoms with Crippen molar-refractivity contribution in [2.24, 2.45) is 0 Å². The Labute approximate surface area is 96.8 Å². The van der Waals surface area contributed by atoms with E-state index in [1.807, 2.05) is 6.92 Å². The van der Waals surface area contributed by atoms with Crippen LogP contribution in [-0.4, -0.2) is 22.7 Å². The zero-order valence-corrected chi connectivity index (χ0v) is 9.47. The summed E-state index contributed by atoms with van der Waals surface area (Å²) in [6.45, 7) is 1.40. The van der Waals surface area contributed by atoms with Crippen molar-refractivity contribution < 1.29 is 14.6 Å². The maximum absolute atomic E-state index is 10.3. The Balaban J connectivity index is 2.92. The van der Waals surface area contributed by atoms with E-state index >= 15 is 0 Å². The summed E-state index contributed by atoms with van der Waals surface area (Å²) in [5.74, 6) is -0.985. The van der Waals surface area contributed by atoms with Crippen LogP contribution in [-0.2, 0) is 11.2 Å². The first-order chi connectivity index (χ1) is 7.04. The number of ether oxygens (including phenoxy) is 1. The summed E-state index contributed by atoms with van der Waals surface area (Å²) in [6.07, 6.45) is 0.624. The van der Waals surface area contributed by atoms with Gasteiger partial charge in [-0.3, -0.25) is 0 Å². The maximum Gasteiger partial charge on any atom is 0.341 e. The summed E-state index contributed by atoms with van der Waals surface area (Å²) < 4.78 is 4.89. The van der Waals surface area contributed by atoms with Crippen molar-refractivity contribution in [2.75, 3.05) is 6.61 Å². The van der Waals surface area contributed by atoms with Crippen LogP contribution in [0.3, 0.4) is 0 Å². The Morgan fingerprint density at radius 3 is 2.73 bits per heavy atom. The van der Waals surface area contributed by atoms with Gasteiger partial charge in [0.05, 0.1) is 10.7 Å². The number of carbonyl (C=O) groups is 1. The third-order valence-electron chi connectivity index (χ3n) is 1.64. The van der Waals surface area contributed by atoms with Gasteiger partial charge in [-0.15, -0.1) is 0 Å². The second kappa shape index (κ2) is 5.19. The molecule has 0 aromatic carbocycles. The highest BCUT2D eigenvalue weighted by Crippen LogP contribution is 2.27. The minimum Gasteiger partial charge on any atom is -0.479 e. The van der Waals surface area contributed by atoms with Crippen molar-refractivity contribution in [2.45, 2.75) is 13.3 Å². The zero-order valence-electron chi connectivity index (χ0n) is 7.96. The van der Waals surface area contributed by atoms with Crippen LogP contribution in [0.5, 0.6) is 5.88 Å². The molecule has 0 bridgehead atoms. The van der Waals surface area contributed by atoms with Crippen molar-refractivity contribution >= 4 is 29.2 Å². The number of aryl methyl sites for hydroxylation is 1. The number of aromatic nitrogens is 1. The van der Waals surface area contributed by atoms with Gasteiger partial charge in [0.1, 0.15) is 5.02 Å². The third kappa shape index (κ3) is 3.25. The Kier molecular flexibility index (Phi) is 4.17. The monoisotopic (exact) mass is 249 g/mol. The van der Waals surface area contributed by atoms with Gasteiger partial charge in [0, 0.05) is 0 Å². The van der Waals surface area contributed by atoms with Crippen LogP contribution in [0.2, 0.25) is 10.0 Å². The number of aliphatic carboxylic acids is 1. The van der Waals surface area contributed by atoms with Gasteiger partial charge < -0.3 is 9.84 Å². The molecule has 1 aromatic rings. The molecule has 82 valence electrons. The van der Waals surface area contributed by atoms with Crippen LogP contribution in [0.1, 0.15) is 12.6 Å². The van der Waals surface area contributed by atoms with Gasteiger partial charge in [0.2, 0.25) is 5.88 Å². The third-order valence-corrected chi connectivity index (χ3v) is 2.24. The molecule has 0 amide bonds. The molecule has 0 atom stereocenters. The summed E-state index contributed by atoms with van der Waals surface area (Å²) in [7, 11) is 0. The molecule has 0 aliphatic carbocycles. The van der Waals surface area contributed by atoms with Crippen molar-refractivity contribution in [1.82, 2.24) is 4.98 Å². The van der Waals surface area contributed by atoms with Crippen molar-refractivity contribution in [3.8, 4) is 5.88 Å². The highest BCUT2D eigenvalue weighted by atomic mass is 35.5. The molecule has 1 aromatic heterocycles. The van der Waals surface area contributed by atoms with E-state index in [-0.39, 0.29) is 10.9 Å². The minimum absolute atomic E-state index is 0.0975. The molecule has 1 rings (SSSR count). The Bertz CT molecular complexity index is 382. The Morgan fingerprint density at radius 2 is 2.20 bits per heavy atom. The topological polar surface area (TPSA) is 59.4 Å². The van der Waals surface area contributed by atoms with Gasteiger partial charge in [-0.25, -0.2) is 9.78 Å². The van der Waals surface area contributed by atoms with Crippen LogP contribution in [0, 0.1) is 0 Å². The first-order valence-corrected chi connectivity index (χ1v) is 4.99. The van der Waals surface area contributed by atoms with E-state index in [0.717, 1.165) is 0 Å². The van der Waals surface area contributed by atoms with Gasteiger partial charge >= 0.3 is 5.97 Å². The van der Waals surface area contributed by atoms with Gasteiger partial charge in [0.25, 0.3) is 0 Å². The molecule has 0 saturated carbocycles. The van der Waals surface area contributed by atoms with Gasteiger partial charge in [0.15, 0.2) is 6.61 Å². The zero-order chi connectivity index (χ0) is 11.4. The molecule has 15 heavy (non-hydrogen) atoms. The average molecular weight is 250 g/mol. The van der Waals surface area contributed by atoms with E-state index in [4.69, 9.17) is 33.0 Å². The molecular formula is C9H9Cl2NO3. The molecule has 0 unspecified atom stereocenters. The number of carboxylic acid groups (broad SMARTS) is 1. The molecule has 6 heteroatoms. The van der Waals surface area contributed by atoms with Gasteiger partial charge in [-0.1, -0.05) is 30.1 Å². The molecule has 0 saturated heterocycles. The van der Waals surface area contributed by atoms with E-state index in [9.17, 15) is 4.79 Å². The van der Waals surface area contributed by atoms with Crippen molar-refractivity contribution in [3.05, 3.63) is 21.8 Å². The molecule has 1 heterocycles. The standard InChI is InChI=1S/C9H9Cl2NO3/c1-2-7-5(10)3-6(11)9(12-7)15-4-8(13)14/h3H,2,4H2,1H3,(H,13,14). The molecule has 0 aliphatic heterocycles. The summed E-state index contributed by atoms with van der Waals surface area (Å²) in [4.78, 5) is 14.3. The fourth-order valence-electron chi connectivity index (χ4n) is 0.965. The fraction of sp³-hybridized carbons (Fsp3) is 0.333. The van der Waals surface area contributed by atoms with E-state index in [1.54, 1.807) is 0 Å². The van der Waals surface area contributed by atoms with E-state index in [1.165, 1.54) is 6.07 Å². The van der Waals surface area contributed by atoms with Crippen molar-refractivity contribution in [1.29, 1.82) is 0 Å². The van der Waals surface area contributed by atoms with Gasteiger partial charge in [-0.05, 0) is 12.5 Å². The molecule has 4 nitrogen and oxygen atoms in total. The van der Waals surface area contributed by atoms with Gasteiger partial charge in [-0.2, -0.15) is 0 Å². The maximum atomic E-state index is 10.3. The molecule has 0 spiro atoms. The second-order valence-corrected chi connectivity index (χ2v) is 3.55. The lowest BCUT2D eigenvalue weighted by molar-refractivity contribution is -0.139. The lowest BCUT2D eigenvalue weighted by Crippen LogP contribution is -2.11. The highest BCUT2D eigenvalue weighted by molar-refractivity contribution is 6.35. The van der Waals surface area contributed by atoms with Crippen LogP contribution in [0.4, 0.5) is 0 Å². The number of rotatable bonds is 4. The van der Waals surface area contributed by atoms with Crippen LogP contribution < -0.4 is 4.74 Å². The average Bonchev–Trinajstić information content (AvgIpc) is 2.16. The summed E-state index contributed by atoms with van der Waals surface area (Å²) in [5.41, 5.74) is 0.626. The number of carboxylic acids is 1. The molecule has 0 radical (unpaired) electrons. The predicted molar refractivity (Wildman–Crippen MR) is 56.8 cm³/mol. The number of pyridine rings is 1. The van der Waals surface area contributed by atoms with Crippen molar-refractivity contribution in [3.63, 3.8) is 0 Å². The minimum atomic E-state index is -1.08. The number of hydrogen-bond donors (Lipinski definition) is 1. The van der Waals surface area contributed by atoms with E-state index in [2.05, 4.69) is 4.98 Å². The van der Waals surface area contributed by atoms with E-state index < -0.39 is 12.6 Å². The predicted octanol–water partition coefficient (Wildman–Crippen LogP) is 2.41. The van der Waals surface area contributed by atoms with Crippen LogP contribution in [0.25, 0.3) is 0 Å². The lowest BCUT2D eigenvalue weighted by atomic mass is 10.3. The molecular weight excluding hydrogens is 241 g/mol. The smallest absolute Gasteiger partial charge is 0.341 e. The lowest BCUT2D eigenvalue weighted by Gasteiger charge is -2.07.